The van der Waals surface area contributed by atoms with E-state index in [1.807, 2.05) is 30.3 Å². The van der Waals surface area contributed by atoms with Crippen LogP contribution in [0.1, 0.15) is 11.1 Å². The lowest BCUT2D eigenvalue weighted by Gasteiger charge is -2.10. The highest BCUT2D eigenvalue weighted by Gasteiger charge is 2.10. The van der Waals surface area contributed by atoms with Gasteiger partial charge in [0.2, 0.25) is 5.88 Å². The van der Waals surface area contributed by atoms with Crippen molar-refractivity contribution in [2.45, 2.75) is 6.42 Å². The second-order valence-corrected chi connectivity index (χ2v) is 5.60. The van der Waals surface area contributed by atoms with Gasteiger partial charge in [0.15, 0.2) is 0 Å². The van der Waals surface area contributed by atoms with Crippen LogP contribution in [0.3, 0.4) is 0 Å². The molecule has 1 aromatic carbocycles. The van der Waals surface area contributed by atoms with Gasteiger partial charge in [-0.25, -0.2) is 15.0 Å². The summed E-state index contributed by atoms with van der Waals surface area (Å²) in [4.78, 5) is 12.6. The van der Waals surface area contributed by atoms with E-state index in [0.717, 1.165) is 22.3 Å². The number of hydrogen-bond donors (Lipinski definition) is 0. The number of nitrogens with zero attached hydrogens (tertiary/aromatic N) is 3. The number of hydrogen-bond acceptors (Lipinski definition) is 5. The van der Waals surface area contributed by atoms with Gasteiger partial charge in [-0.1, -0.05) is 23.7 Å². The summed E-state index contributed by atoms with van der Waals surface area (Å²) < 4.78 is 10.4. The molecule has 24 heavy (non-hydrogen) atoms. The SMILES string of the molecule is COc1ncc(Cc2cnc(OC)c(-c3cccc(Cl)c3)c2)cn1. The van der Waals surface area contributed by atoms with Crippen LogP contribution in [-0.2, 0) is 6.42 Å². The fraction of sp³-hybridized carbons (Fsp3) is 0.167. The van der Waals surface area contributed by atoms with Gasteiger partial charge in [0.05, 0.1) is 14.2 Å². The number of methoxy groups -OCH3 is 2. The average molecular weight is 342 g/mol. The van der Waals surface area contributed by atoms with Crippen molar-refractivity contribution in [1.82, 2.24) is 15.0 Å². The van der Waals surface area contributed by atoms with Crippen molar-refractivity contribution in [3.8, 4) is 23.0 Å². The molecule has 2 heterocycles. The average Bonchev–Trinajstić information content (AvgIpc) is 2.62. The minimum absolute atomic E-state index is 0.353. The van der Waals surface area contributed by atoms with Crippen LogP contribution in [-0.4, -0.2) is 29.2 Å². The summed E-state index contributed by atoms with van der Waals surface area (Å²) in [5, 5.41) is 0.670. The van der Waals surface area contributed by atoms with Crippen LogP contribution in [0.15, 0.2) is 48.9 Å². The van der Waals surface area contributed by atoms with Gasteiger partial charge >= 0.3 is 6.01 Å². The smallest absolute Gasteiger partial charge is 0.316 e. The lowest BCUT2D eigenvalue weighted by molar-refractivity contribution is 0.379. The molecule has 0 aliphatic heterocycles. The minimum Gasteiger partial charge on any atom is -0.481 e. The van der Waals surface area contributed by atoms with E-state index in [0.29, 0.717) is 23.3 Å². The van der Waals surface area contributed by atoms with E-state index in [4.69, 9.17) is 21.1 Å². The van der Waals surface area contributed by atoms with E-state index >= 15 is 0 Å². The van der Waals surface area contributed by atoms with Crippen molar-refractivity contribution in [3.05, 3.63) is 65.1 Å². The second-order valence-electron chi connectivity index (χ2n) is 5.17. The number of pyridine rings is 1. The fourth-order valence-electron chi connectivity index (χ4n) is 2.39. The Morgan fingerprint density at radius 3 is 2.33 bits per heavy atom. The van der Waals surface area contributed by atoms with E-state index in [2.05, 4.69) is 15.0 Å². The van der Waals surface area contributed by atoms with Crippen molar-refractivity contribution >= 4 is 11.6 Å². The number of aromatic nitrogens is 3. The van der Waals surface area contributed by atoms with E-state index in [1.54, 1.807) is 32.8 Å². The zero-order valence-electron chi connectivity index (χ0n) is 13.4. The summed E-state index contributed by atoms with van der Waals surface area (Å²) >= 11 is 6.10. The monoisotopic (exact) mass is 341 g/mol. The Morgan fingerprint density at radius 1 is 0.917 bits per heavy atom. The molecule has 0 amide bonds. The molecule has 0 saturated heterocycles. The van der Waals surface area contributed by atoms with E-state index < -0.39 is 0 Å². The summed E-state index contributed by atoms with van der Waals surface area (Å²) in [5.41, 5.74) is 3.85. The Kier molecular flexibility index (Phi) is 4.91. The van der Waals surface area contributed by atoms with Gasteiger partial charge in [0, 0.05) is 35.6 Å². The van der Waals surface area contributed by atoms with Crippen LogP contribution in [0.2, 0.25) is 5.02 Å². The molecule has 0 atom stereocenters. The predicted octanol–water partition coefficient (Wildman–Crippen LogP) is 3.80. The Morgan fingerprint density at radius 2 is 1.67 bits per heavy atom. The molecule has 0 radical (unpaired) electrons. The number of ether oxygens (including phenoxy) is 2. The molecule has 0 N–H and O–H groups in total. The van der Waals surface area contributed by atoms with Gasteiger partial charge in [-0.15, -0.1) is 0 Å². The highest BCUT2D eigenvalue weighted by molar-refractivity contribution is 6.30. The van der Waals surface area contributed by atoms with E-state index in [1.165, 1.54) is 0 Å². The lowest BCUT2D eigenvalue weighted by Crippen LogP contribution is -1.98. The van der Waals surface area contributed by atoms with Crippen LogP contribution >= 0.6 is 11.6 Å². The highest BCUT2D eigenvalue weighted by Crippen LogP contribution is 2.31. The summed E-state index contributed by atoms with van der Waals surface area (Å²) in [6.45, 7) is 0. The first-order chi connectivity index (χ1) is 11.7. The maximum atomic E-state index is 6.10. The molecule has 5 nitrogen and oxygen atoms in total. The third kappa shape index (κ3) is 3.63. The molecular weight excluding hydrogens is 326 g/mol. The summed E-state index contributed by atoms with van der Waals surface area (Å²) in [5.74, 6) is 0.562. The Bertz CT molecular complexity index is 838. The summed E-state index contributed by atoms with van der Waals surface area (Å²) in [6.07, 6.45) is 5.94. The Balaban J connectivity index is 1.93. The highest BCUT2D eigenvalue weighted by atomic mass is 35.5. The van der Waals surface area contributed by atoms with Crippen molar-refractivity contribution in [1.29, 1.82) is 0 Å². The fourth-order valence-corrected chi connectivity index (χ4v) is 2.58. The van der Waals surface area contributed by atoms with Gasteiger partial charge in [0.1, 0.15) is 0 Å². The van der Waals surface area contributed by atoms with Crippen molar-refractivity contribution in [3.63, 3.8) is 0 Å². The molecule has 122 valence electrons. The summed E-state index contributed by atoms with van der Waals surface area (Å²) in [6, 6.07) is 10.0. The maximum absolute atomic E-state index is 6.10. The van der Waals surface area contributed by atoms with Crippen LogP contribution < -0.4 is 9.47 Å². The molecular formula is C18H16ClN3O2. The molecule has 3 aromatic rings. The second kappa shape index (κ2) is 7.27. The number of benzene rings is 1. The molecule has 0 fully saturated rings. The van der Waals surface area contributed by atoms with Gasteiger partial charge in [-0.05, 0) is 34.9 Å². The molecule has 2 aromatic heterocycles. The van der Waals surface area contributed by atoms with Gasteiger partial charge in [-0.3, -0.25) is 0 Å². The standard InChI is InChI=1S/C18H16ClN3O2/c1-23-17-16(14-4-3-5-15(19)8-14)7-12(9-20-17)6-13-10-21-18(24-2)22-11-13/h3-5,7-11H,6H2,1-2H3. The quantitative estimate of drug-likeness (QED) is 0.706. The number of halogens is 1. The normalized spacial score (nSPS) is 10.5. The molecule has 0 aliphatic rings. The molecule has 0 bridgehead atoms. The van der Waals surface area contributed by atoms with Crippen LogP contribution in [0.25, 0.3) is 11.1 Å². The Labute approximate surface area is 145 Å². The zero-order chi connectivity index (χ0) is 16.9. The predicted molar refractivity (Wildman–Crippen MR) is 92.6 cm³/mol. The first-order valence-electron chi connectivity index (χ1n) is 7.33. The van der Waals surface area contributed by atoms with Gasteiger partial charge in [0.25, 0.3) is 0 Å². The topological polar surface area (TPSA) is 57.1 Å². The van der Waals surface area contributed by atoms with E-state index in [9.17, 15) is 0 Å². The Hall–Kier alpha value is -2.66. The van der Waals surface area contributed by atoms with Crippen LogP contribution in [0, 0.1) is 0 Å². The third-order valence-corrected chi connectivity index (χ3v) is 3.74. The first kappa shape index (κ1) is 16.2. The van der Waals surface area contributed by atoms with Crippen molar-refractivity contribution < 1.29 is 9.47 Å². The molecule has 6 heteroatoms. The minimum atomic E-state index is 0.353. The number of rotatable bonds is 5. The first-order valence-corrected chi connectivity index (χ1v) is 7.71. The zero-order valence-corrected chi connectivity index (χ0v) is 14.1. The van der Waals surface area contributed by atoms with Crippen molar-refractivity contribution in [2.24, 2.45) is 0 Å². The largest absolute Gasteiger partial charge is 0.481 e. The summed E-state index contributed by atoms with van der Waals surface area (Å²) in [7, 11) is 3.15. The van der Waals surface area contributed by atoms with Crippen molar-refractivity contribution in [2.75, 3.05) is 14.2 Å². The van der Waals surface area contributed by atoms with Crippen LogP contribution in [0.5, 0.6) is 11.9 Å². The van der Waals surface area contributed by atoms with Gasteiger partial charge < -0.3 is 9.47 Å². The third-order valence-electron chi connectivity index (χ3n) is 3.51. The van der Waals surface area contributed by atoms with Crippen LogP contribution in [0.4, 0.5) is 0 Å². The lowest BCUT2D eigenvalue weighted by atomic mass is 10.0. The molecule has 0 saturated carbocycles. The van der Waals surface area contributed by atoms with Gasteiger partial charge in [-0.2, -0.15) is 0 Å². The van der Waals surface area contributed by atoms with E-state index in [-0.39, 0.29) is 0 Å². The maximum Gasteiger partial charge on any atom is 0.316 e. The molecule has 3 rings (SSSR count). The molecule has 0 aliphatic carbocycles. The molecule has 0 unspecified atom stereocenters. The molecule has 0 spiro atoms.